The fourth-order valence-electron chi connectivity index (χ4n) is 1.71. The first kappa shape index (κ1) is 11.2. The molecule has 0 saturated carbocycles. The minimum absolute atomic E-state index is 0. The van der Waals surface area contributed by atoms with Gasteiger partial charge in [0.1, 0.15) is 0 Å². The zero-order valence-corrected chi connectivity index (χ0v) is 8.72. The highest BCUT2D eigenvalue weighted by atomic mass is 35.5. The number of hydrogen-bond donors (Lipinski definition) is 1. The minimum atomic E-state index is 0. The lowest BCUT2D eigenvalue weighted by Crippen LogP contribution is -2.30. The van der Waals surface area contributed by atoms with Gasteiger partial charge in [-0.3, -0.25) is 4.79 Å². The zero-order chi connectivity index (χ0) is 9.10. The average molecular weight is 212 g/mol. The standard InChI is InChI=1S/C11H13NO.ClH/c13-11(10-7-4-8-12-10)9-5-2-1-3-6-9;/h1-3,5-6,10,12H,4,7-8H2;1H. The van der Waals surface area contributed by atoms with Crippen LogP contribution in [0.25, 0.3) is 0 Å². The smallest absolute Gasteiger partial charge is 0.179 e. The Balaban J connectivity index is 0.000000980. The summed E-state index contributed by atoms with van der Waals surface area (Å²) in [5.74, 6) is 0.234. The van der Waals surface area contributed by atoms with Gasteiger partial charge in [0, 0.05) is 5.56 Å². The molecule has 0 aliphatic carbocycles. The summed E-state index contributed by atoms with van der Waals surface area (Å²) >= 11 is 0. The van der Waals surface area contributed by atoms with Crippen LogP contribution in [0.4, 0.5) is 0 Å². The Kier molecular flexibility index (Phi) is 4.11. The van der Waals surface area contributed by atoms with Crippen LogP contribution in [0.3, 0.4) is 0 Å². The van der Waals surface area contributed by atoms with E-state index in [2.05, 4.69) is 5.32 Å². The quantitative estimate of drug-likeness (QED) is 0.759. The van der Waals surface area contributed by atoms with E-state index < -0.39 is 0 Å². The molecule has 1 aromatic rings. The van der Waals surface area contributed by atoms with Crippen LogP contribution < -0.4 is 5.32 Å². The van der Waals surface area contributed by atoms with E-state index in [-0.39, 0.29) is 24.2 Å². The summed E-state index contributed by atoms with van der Waals surface area (Å²) in [6, 6.07) is 9.55. The number of carbonyl (C=O) groups is 1. The van der Waals surface area contributed by atoms with E-state index in [4.69, 9.17) is 0 Å². The van der Waals surface area contributed by atoms with Gasteiger partial charge < -0.3 is 5.32 Å². The van der Waals surface area contributed by atoms with Crippen LogP contribution >= 0.6 is 12.4 Å². The highest BCUT2D eigenvalue weighted by Gasteiger charge is 2.22. The summed E-state index contributed by atoms with van der Waals surface area (Å²) in [6.07, 6.45) is 2.09. The van der Waals surface area contributed by atoms with Crippen molar-refractivity contribution in [3.8, 4) is 0 Å². The van der Waals surface area contributed by atoms with Gasteiger partial charge in [-0.05, 0) is 19.4 Å². The maximum Gasteiger partial charge on any atom is 0.179 e. The number of nitrogens with one attached hydrogen (secondary N) is 1. The van der Waals surface area contributed by atoms with Crippen molar-refractivity contribution in [3.05, 3.63) is 35.9 Å². The van der Waals surface area contributed by atoms with E-state index in [9.17, 15) is 4.79 Å². The van der Waals surface area contributed by atoms with E-state index in [1.165, 1.54) is 0 Å². The molecule has 14 heavy (non-hydrogen) atoms. The monoisotopic (exact) mass is 211 g/mol. The topological polar surface area (TPSA) is 29.1 Å². The molecule has 2 rings (SSSR count). The van der Waals surface area contributed by atoms with Gasteiger partial charge in [-0.15, -0.1) is 12.4 Å². The average Bonchev–Trinajstić information content (AvgIpc) is 2.71. The molecule has 1 aliphatic rings. The molecule has 1 heterocycles. The number of Topliss-reactive ketones (excluding diaryl/α,β-unsaturated/α-hetero) is 1. The largest absolute Gasteiger partial charge is 0.307 e. The molecule has 0 amide bonds. The lowest BCUT2D eigenvalue weighted by atomic mass is 10.0. The second-order valence-corrected chi connectivity index (χ2v) is 3.38. The molecule has 0 bridgehead atoms. The van der Waals surface area contributed by atoms with Crippen molar-refractivity contribution >= 4 is 18.2 Å². The van der Waals surface area contributed by atoms with E-state index in [0.29, 0.717) is 0 Å². The van der Waals surface area contributed by atoms with Gasteiger partial charge in [0.05, 0.1) is 6.04 Å². The maximum absolute atomic E-state index is 11.8. The van der Waals surface area contributed by atoms with Crippen LogP contribution in [0.5, 0.6) is 0 Å². The van der Waals surface area contributed by atoms with Crippen molar-refractivity contribution < 1.29 is 4.79 Å². The molecule has 0 aromatic heterocycles. The molecule has 1 aliphatic heterocycles. The molecule has 0 spiro atoms. The van der Waals surface area contributed by atoms with Gasteiger partial charge in [0.15, 0.2) is 5.78 Å². The molecule has 1 fully saturated rings. The number of halogens is 1. The van der Waals surface area contributed by atoms with Crippen molar-refractivity contribution in [1.29, 1.82) is 0 Å². The van der Waals surface area contributed by atoms with E-state index >= 15 is 0 Å². The predicted octanol–water partition coefficient (Wildman–Crippen LogP) is 2.04. The lowest BCUT2D eigenvalue weighted by molar-refractivity contribution is 0.0952. The van der Waals surface area contributed by atoms with Crippen LogP contribution in [-0.2, 0) is 0 Å². The maximum atomic E-state index is 11.8. The summed E-state index contributed by atoms with van der Waals surface area (Å²) in [5, 5.41) is 3.21. The lowest BCUT2D eigenvalue weighted by Gasteiger charge is -2.07. The first-order valence-electron chi connectivity index (χ1n) is 4.70. The molecular formula is C11H14ClNO. The van der Waals surface area contributed by atoms with Gasteiger partial charge in [-0.25, -0.2) is 0 Å². The zero-order valence-electron chi connectivity index (χ0n) is 7.90. The van der Waals surface area contributed by atoms with Crippen molar-refractivity contribution in [3.63, 3.8) is 0 Å². The number of rotatable bonds is 2. The first-order chi connectivity index (χ1) is 6.38. The summed E-state index contributed by atoms with van der Waals surface area (Å²) < 4.78 is 0. The van der Waals surface area contributed by atoms with E-state index in [0.717, 1.165) is 24.9 Å². The Morgan fingerprint density at radius 1 is 1.29 bits per heavy atom. The third-order valence-corrected chi connectivity index (χ3v) is 2.44. The second-order valence-electron chi connectivity index (χ2n) is 3.38. The van der Waals surface area contributed by atoms with Crippen LogP contribution in [0, 0.1) is 0 Å². The number of ketones is 1. The summed E-state index contributed by atoms with van der Waals surface area (Å²) in [6.45, 7) is 0.975. The summed E-state index contributed by atoms with van der Waals surface area (Å²) in [7, 11) is 0. The van der Waals surface area contributed by atoms with Gasteiger partial charge >= 0.3 is 0 Å². The van der Waals surface area contributed by atoms with Crippen LogP contribution in [0.1, 0.15) is 23.2 Å². The van der Waals surface area contributed by atoms with Gasteiger partial charge in [0.2, 0.25) is 0 Å². The fraction of sp³-hybridized carbons (Fsp3) is 0.364. The van der Waals surface area contributed by atoms with Crippen LogP contribution in [-0.4, -0.2) is 18.4 Å². The second kappa shape index (κ2) is 5.13. The first-order valence-corrected chi connectivity index (χ1v) is 4.70. The molecule has 3 heteroatoms. The van der Waals surface area contributed by atoms with Gasteiger partial charge in [-0.1, -0.05) is 30.3 Å². The summed E-state index contributed by atoms with van der Waals surface area (Å²) in [5.41, 5.74) is 0.821. The highest BCUT2D eigenvalue weighted by molar-refractivity contribution is 6.00. The molecule has 0 radical (unpaired) electrons. The third-order valence-electron chi connectivity index (χ3n) is 2.44. The Morgan fingerprint density at radius 3 is 2.57 bits per heavy atom. The van der Waals surface area contributed by atoms with E-state index in [1.54, 1.807) is 0 Å². The van der Waals surface area contributed by atoms with Crippen molar-refractivity contribution in [2.24, 2.45) is 0 Å². The number of hydrogen-bond acceptors (Lipinski definition) is 2. The number of benzene rings is 1. The van der Waals surface area contributed by atoms with Crippen LogP contribution in [0.2, 0.25) is 0 Å². The molecule has 1 atom stereocenters. The third kappa shape index (κ3) is 2.34. The molecule has 2 nitrogen and oxygen atoms in total. The molecule has 1 unspecified atom stereocenters. The highest BCUT2D eigenvalue weighted by Crippen LogP contribution is 2.11. The molecule has 1 N–H and O–H groups in total. The molecular weight excluding hydrogens is 198 g/mol. The van der Waals surface area contributed by atoms with E-state index in [1.807, 2.05) is 30.3 Å². The normalized spacial score (nSPS) is 20.1. The minimum Gasteiger partial charge on any atom is -0.307 e. The SMILES string of the molecule is Cl.O=C(c1ccccc1)C1CCCN1. The van der Waals surface area contributed by atoms with Crippen molar-refractivity contribution in [1.82, 2.24) is 5.32 Å². The Hall–Kier alpha value is -0.860. The molecule has 1 aromatic carbocycles. The summed E-state index contributed by atoms with van der Waals surface area (Å²) in [4.78, 5) is 11.8. The van der Waals surface area contributed by atoms with Gasteiger partial charge in [-0.2, -0.15) is 0 Å². The molecule has 1 saturated heterocycles. The Labute approximate surface area is 90.1 Å². The number of carbonyl (C=O) groups excluding carboxylic acids is 1. The van der Waals surface area contributed by atoms with Crippen LogP contribution in [0.15, 0.2) is 30.3 Å². The predicted molar refractivity (Wildman–Crippen MR) is 59.0 cm³/mol. The van der Waals surface area contributed by atoms with Gasteiger partial charge in [0.25, 0.3) is 0 Å². The Morgan fingerprint density at radius 2 is 2.00 bits per heavy atom. The Bertz CT molecular complexity index is 293. The van der Waals surface area contributed by atoms with Crippen molar-refractivity contribution in [2.45, 2.75) is 18.9 Å². The fourth-order valence-corrected chi connectivity index (χ4v) is 1.71. The molecule has 76 valence electrons. The van der Waals surface area contributed by atoms with Crippen molar-refractivity contribution in [2.75, 3.05) is 6.54 Å².